The van der Waals surface area contributed by atoms with Gasteiger partial charge in [0.15, 0.2) is 0 Å². The number of nitrogens with zero attached hydrogens (tertiary/aromatic N) is 1. The molecule has 72 valence electrons. The highest BCUT2D eigenvalue weighted by Gasteiger charge is 2.03. The van der Waals surface area contributed by atoms with Crippen molar-refractivity contribution in [1.82, 2.24) is 9.55 Å². The van der Waals surface area contributed by atoms with E-state index in [2.05, 4.69) is 11.6 Å². The molecule has 0 fully saturated rings. The second kappa shape index (κ2) is 2.87. The fraction of sp³-hybridized carbons (Fsp3) is 0.182. The molecule has 0 unspecified atom stereocenters. The van der Waals surface area contributed by atoms with Crippen molar-refractivity contribution in [2.45, 2.75) is 6.92 Å². The zero-order valence-corrected chi connectivity index (χ0v) is 8.29. The molecule has 1 heterocycles. The Morgan fingerprint density at radius 3 is 2.86 bits per heavy atom. The van der Waals surface area contributed by atoms with Crippen LogP contribution in [0.25, 0.3) is 16.6 Å². The predicted molar refractivity (Wildman–Crippen MR) is 58.2 cm³/mol. The van der Waals surface area contributed by atoms with Crippen LogP contribution in [0.15, 0.2) is 29.6 Å². The molecular weight excluding hydrogens is 176 g/mol. The van der Waals surface area contributed by atoms with Crippen molar-refractivity contribution < 1.29 is 0 Å². The van der Waals surface area contributed by atoms with E-state index in [1.165, 1.54) is 0 Å². The summed E-state index contributed by atoms with van der Waals surface area (Å²) >= 11 is 0. The third-order valence-corrected chi connectivity index (χ3v) is 2.40. The van der Waals surface area contributed by atoms with Crippen LogP contribution >= 0.6 is 0 Å². The molecule has 2 aromatic rings. The maximum absolute atomic E-state index is 11.3. The monoisotopic (exact) mass is 188 g/mol. The molecule has 1 aromatic carbocycles. The van der Waals surface area contributed by atoms with Crippen LogP contribution in [-0.4, -0.2) is 9.55 Å². The minimum absolute atomic E-state index is 0.0844. The predicted octanol–water partition coefficient (Wildman–Crippen LogP) is 1.90. The normalized spacial score (nSPS) is 10.7. The van der Waals surface area contributed by atoms with Gasteiger partial charge in [0.1, 0.15) is 0 Å². The van der Waals surface area contributed by atoms with Gasteiger partial charge >= 0.3 is 5.69 Å². The van der Waals surface area contributed by atoms with E-state index < -0.39 is 0 Å². The van der Waals surface area contributed by atoms with E-state index in [0.717, 1.165) is 22.2 Å². The fourth-order valence-electron chi connectivity index (χ4n) is 1.49. The number of allylic oxidation sites excluding steroid dienone is 1. The molecule has 0 bridgehead atoms. The van der Waals surface area contributed by atoms with Crippen LogP contribution in [0.2, 0.25) is 0 Å². The van der Waals surface area contributed by atoms with Crippen LogP contribution in [0.4, 0.5) is 0 Å². The molecule has 1 N–H and O–H groups in total. The molecule has 3 heteroatoms. The van der Waals surface area contributed by atoms with E-state index in [1.54, 1.807) is 11.6 Å². The van der Waals surface area contributed by atoms with Crippen molar-refractivity contribution >= 4 is 16.6 Å². The Kier molecular flexibility index (Phi) is 1.81. The highest BCUT2D eigenvalue weighted by atomic mass is 16.1. The lowest BCUT2D eigenvalue weighted by Crippen LogP contribution is -2.11. The third-order valence-electron chi connectivity index (χ3n) is 2.40. The Balaban J connectivity index is 2.82. The lowest BCUT2D eigenvalue weighted by atomic mass is 10.1. The molecule has 3 nitrogen and oxygen atoms in total. The molecular formula is C11H12N2O. The van der Waals surface area contributed by atoms with Gasteiger partial charge in [-0.05, 0) is 24.6 Å². The molecule has 0 aliphatic rings. The SMILES string of the molecule is C=C(C)c1ccc2[nH]c(=O)n(C)c2c1. The summed E-state index contributed by atoms with van der Waals surface area (Å²) in [5.41, 5.74) is 3.75. The van der Waals surface area contributed by atoms with Crippen molar-refractivity contribution in [2.75, 3.05) is 0 Å². The zero-order chi connectivity index (χ0) is 10.3. The first-order valence-corrected chi connectivity index (χ1v) is 4.44. The number of fused-ring (bicyclic) bond motifs is 1. The van der Waals surface area contributed by atoms with Gasteiger partial charge in [0, 0.05) is 7.05 Å². The quantitative estimate of drug-likeness (QED) is 0.729. The number of imidazole rings is 1. The molecule has 0 aliphatic carbocycles. The highest BCUT2D eigenvalue weighted by Crippen LogP contribution is 2.17. The van der Waals surface area contributed by atoms with Crippen molar-refractivity contribution in [2.24, 2.45) is 7.05 Å². The number of hydrogen-bond acceptors (Lipinski definition) is 1. The minimum Gasteiger partial charge on any atom is -0.306 e. The maximum Gasteiger partial charge on any atom is 0.326 e. The third kappa shape index (κ3) is 1.18. The molecule has 0 atom stereocenters. The van der Waals surface area contributed by atoms with Gasteiger partial charge < -0.3 is 4.98 Å². The van der Waals surface area contributed by atoms with Crippen LogP contribution in [0.1, 0.15) is 12.5 Å². The van der Waals surface area contributed by atoms with E-state index in [0.29, 0.717) is 0 Å². The molecule has 0 spiro atoms. The molecule has 14 heavy (non-hydrogen) atoms. The van der Waals surface area contributed by atoms with Gasteiger partial charge in [-0.15, -0.1) is 0 Å². The summed E-state index contributed by atoms with van der Waals surface area (Å²) in [6.45, 7) is 5.82. The van der Waals surface area contributed by atoms with Crippen molar-refractivity contribution in [3.05, 3.63) is 40.8 Å². The molecule has 0 radical (unpaired) electrons. The number of H-pyrrole nitrogens is 1. The standard InChI is InChI=1S/C11H12N2O/c1-7(2)8-4-5-9-10(6-8)13(3)11(14)12-9/h4-6H,1H2,2-3H3,(H,12,14). The van der Waals surface area contributed by atoms with Crippen LogP contribution in [-0.2, 0) is 7.05 Å². The van der Waals surface area contributed by atoms with Gasteiger partial charge in [-0.1, -0.05) is 18.2 Å². The largest absolute Gasteiger partial charge is 0.326 e. The van der Waals surface area contributed by atoms with Gasteiger partial charge in [0.05, 0.1) is 11.0 Å². The summed E-state index contributed by atoms with van der Waals surface area (Å²) in [6, 6.07) is 5.83. The molecule has 1 aromatic heterocycles. The van der Waals surface area contributed by atoms with Crippen molar-refractivity contribution in [3.8, 4) is 0 Å². The number of benzene rings is 1. The first-order valence-electron chi connectivity index (χ1n) is 4.44. The van der Waals surface area contributed by atoms with Gasteiger partial charge in [-0.25, -0.2) is 4.79 Å². The van der Waals surface area contributed by atoms with Gasteiger partial charge in [-0.3, -0.25) is 4.57 Å². The first kappa shape index (κ1) is 8.81. The molecule has 0 saturated carbocycles. The number of rotatable bonds is 1. The Labute approximate surface area is 81.7 Å². The average Bonchev–Trinajstić information content (AvgIpc) is 2.43. The van der Waals surface area contributed by atoms with Crippen molar-refractivity contribution in [3.63, 3.8) is 0 Å². The lowest BCUT2D eigenvalue weighted by molar-refractivity contribution is 0.891. The molecule has 0 aliphatic heterocycles. The Morgan fingerprint density at radius 2 is 2.21 bits per heavy atom. The average molecular weight is 188 g/mol. The summed E-state index contributed by atoms with van der Waals surface area (Å²) in [7, 11) is 1.75. The van der Waals surface area contributed by atoms with Crippen LogP contribution < -0.4 is 5.69 Å². The Morgan fingerprint density at radius 1 is 1.50 bits per heavy atom. The fourth-order valence-corrected chi connectivity index (χ4v) is 1.49. The first-order chi connectivity index (χ1) is 6.59. The highest BCUT2D eigenvalue weighted by molar-refractivity contribution is 5.80. The summed E-state index contributed by atoms with van der Waals surface area (Å²) < 4.78 is 1.60. The zero-order valence-electron chi connectivity index (χ0n) is 8.29. The second-order valence-electron chi connectivity index (χ2n) is 3.50. The molecule has 0 amide bonds. The topological polar surface area (TPSA) is 37.8 Å². The summed E-state index contributed by atoms with van der Waals surface area (Å²) in [6.07, 6.45) is 0. The van der Waals surface area contributed by atoms with Crippen LogP contribution in [0.5, 0.6) is 0 Å². The Bertz CT molecular complexity index is 560. The van der Waals surface area contributed by atoms with E-state index in [9.17, 15) is 4.79 Å². The number of aryl methyl sites for hydroxylation is 1. The van der Waals surface area contributed by atoms with E-state index in [-0.39, 0.29) is 5.69 Å². The minimum atomic E-state index is -0.0844. The van der Waals surface area contributed by atoms with E-state index in [4.69, 9.17) is 0 Å². The number of aromatic nitrogens is 2. The number of aromatic amines is 1. The summed E-state index contributed by atoms with van der Waals surface area (Å²) in [5.74, 6) is 0. The van der Waals surface area contributed by atoms with Gasteiger partial charge in [-0.2, -0.15) is 0 Å². The van der Waals surface area contributed by atoms with Gasteiger partial charge in [0.2, 0.25) is 0 Å². The number of nitrogens with one attached hydrogen (secondary N) is 1. The number of hydrogen-bond donors (Lipinski definition) is 1. The van der Waals surface area contributed by atoms with E-state index in [1.807, 2.05) is 25.1 Å². The maximum atomic E-state index is 11.3. The molecule has 0 saturated heterocycles. The second-order valence-corrected chi connectivity index (χ2v) is 3.50. The molecule has 2 rings (SSSR count). The van der Waals surface area contributed by atoms with Crippen LogP contribution in [0.3, 0.4) is 0 Å². The summed E-state index contributed by atoms with van der Waals surface area (Å²) in [4.78, 5) is 14.1. The van der Waals surface area contributed by atoms with E-state index >= 15 is 0 Å². The van der Waals surface area contributed by atoms with Crippen LogP contribution in [0, 0.1) is 0 Å². The van der Waals surface area contributed by atoms with Gasteiger partial charge in [0.25, 0.3) is 0 Å². The Hall–Kier alpha value is -1.77. The smallest absolute Gasteiger partial charge is 0.306 e. The van der Waals surface area contributed by atoms with Crippen molar-refractivity contribution in [1.29, 1.82) is 0 Å². The summed E-state index contributed by atoms with van der Waals surface area (Å²) in [5, 5.41) is 0. The lowest BCUT2D eigenvalue weighted by Gasteiger charge is -2.00.